The summed E-state index contributed by atoms with van der Waals surface area (Å²) in [4.78, 5) is 5.71. The predicted molar refractivity (Wildman–Crippen MR) is 65.4 cm³/mol. The van der Waals surface area contributed by atoms with Crippen LogP contribution in [0, 0.1) is 0 Å². The summed E-state index contributed by atoms with van der Waals surface area (Å²) in [6.45, 7) is 0.134. The number of nitrogens with zero attached hydrogens (tertiary/aromatic N) is 2. The molecule has 7 heteroatoms. The smallest absolute Gasteiger partial charge is 0.390 e. The van der Waals surface area contributed by atoms with Gasteiger partial charge in [-0.3, -0.25) is 4.90 Å². The standard InChI is InChI=1S/C12H14F3N3O/c1-18(5-4-12(13,14)15)7-11-17-9-3-2-8(16)6-10(9)19-11/h2-3,6H,4-5,7,16H2,1H3. The highest BCUT2D eigenvalue weighted by Crippen LogP contribution is 2.21. The van der Waals surface area contributed by atoms with Crippen LogP contribution in [0.15, 0.2) is 22.6 Å². The number of benzene rings is 1. The van der Waals surface area contributed by atoms with Gasteiger partial charge in [-0.05, 0) is 19.2 Å². The molecule has 2 aromatic rings. The van der Waals surface area contributed by atoms with Crippen LogP contribution in [-0.2, 0) is 6.54 Å². The SMILES string of the molecule is CN(CCC(F)(F)F)Cc1nc2ccc(N)cc2o1. The van der Waals surface area contributed by atoms with Gasteiger partial charge in [0, 0.05) is 18.3 Å². The molecule has 1 aromatic heterocycles. The first-order chi connectivity index (χ1) is 8.83. The second-order valence-electron chi connectivity index (χ2n) is 4.44. The molecular formula is C12H14F3N3O. The molecule has 0 saturated carbocycles. The van der Waals surface area contributed by atoms with Crippen LogP contribution in [0.5, 0.6) is 0 Å². The second-order valence-corrected chi connectivity index (χ2v) is 4.44. The van der Waals surface area contributed by atoms with Gasteiger partial charge in [-0.2, -0.15) is 13.2 Å². The maximum Gasteiger partial charge on any atom is 0.390 e. The largest absolute Gasteiger partial charge is 0.439 e. The molecule has 0 aliphatic carbocycles. The molecule has 2 rings (SSSR count). The van der Waals surface area contributed by atoms with E-state index in [4.69, 9.17) is 10.2 Å². The van der Waals surface area contributed by atoms with Crippen LogP contribution in [0.2, 0.25) is 0 Å². The van der Waals surface area contributed by atoms with Crippen LogP contribution in [0.25, 0.3) is 11.1 Å². The van der Waals surface area contributed by atoms with E-state index in [1.165, 1.54) is 4.90 Å². The van der Waals surface area contributed by atoms with Gasteiger partial charge in [-0.1, -0.05) is 0 Å². The van der Waals surface area contributed by atoms with Crippen molar-refractivity contribution in [1.29, 1.82) is 0 Å². The summed E-state index contributed by atoms with van der Waals surface area (Å²) >= 11 is 0. The quantitative estimate of drug-likeness (QED) is 0.870. The normalized spacial score (nSPS) is 12.5. The van der Waals surface area contributed by atoms with E-state index < -0.39 is 12.6 Å². The zero-order valence-corrected chi connectivity index (χ0v) is 10.4. The first-order valence-corrected chi connectivity index (χ1v) is 5.74. The Morgan fingerprint density at radius 3 is 2.79 bits per heavy atom. The van der Waals surface area contributed by atoms with Crippen molar-refractivity contribution in [1.82, 2.24) is 9.88 Å². The van der Waals surface area contributed by atoms with Crippen molar-refractivity contribution in [3.05, 3.63) is 24.1 Å². The zero-order chi connectivity index (χ0) is 14.0. The van der Waals surface area contributed by atoms with Gasteiger partial charge in [0.25, 0.3) is 0 Å². The molecule has 1 aromatic carbocycles. The van der Waals surface area contributed by atoms with Crippen molar-refractivity contribution in [2.45, 2.75) is 19.1 Å². The fourth-order valence-electron chi connectivity index (χ4n) is 1.68. The van der Waals surface area contributed by atoms with Crippen LogP contribution in [0.1, 0.15) is 12.3 Å². The third kappa shape index (κ3) is 3.85. The third-order valence-electron chi connectivity index (χ3n) is 2.64. The molecule has 0 amide bonds. The van der Waals surface area contributed by atoms with E-state index in [1.54, 1.807) is 25.2 Å². The molecule has 0 atom stereocenters. The molecule has 0 radical (unpaired) electrons. The molecule has 19 heavy (non-hydrogen) atoms. The number of aromatic nitrogens is 1. The van der Waals surface area contributed by atoms with E-state index >= 15 is 0 Å². The minimum absolute atomic E-state index is 0.0929. The fourth-order valence-corrected chi connectivity index (χ4v) is 1.68. The van der Waals surface area contributed by atoms with Gasteiger partial charge in [-0.15, -0.1) is 0 Å². The van der Waals surface area contributed by atoms with Crippen LogP contribution in [0.3, 0.4) is 0 Å². The molecule has 0 aliphatic heterocycles. The minimum atomic E-state index is -4.15. The highest BCUT2D eigenvalue weighted by Gasteiger charge is 2.27. The molecule has 0 aliphatic rings. The average Bonchev–Trinajstić information content (AvgIpc) is 2.66. The number of rotatable bonds is 4. The monoisotopic (exact) mass is 273 g/mol. The molecule has 0 unspecified atom stereocenters. The lowest BCUT2D eigenvalue weighted by molar-refractivity contribution is -0.137. The molecule has 0 saturated heterocycles. The molecule has 1 heterocycles. The second kappa shape index (κ2) is 5.08. The van der Waals surface area contributed by atoms with Gasteiger partial charge >= 0.3 is 6.18 Å². The summed E-state index contributed by atoms with van der Waals surface area (Å²) in [5.41, 5.74) is 7.35. The van der Waals surface area contributed by atoms with Crippen molar-refractivity contribution in [3.8, 4) is 0 Å². The Balaban J connectivity index is 2.01. The summed E-state index contributed by atoms with van der Waals surface area (Å²) in [6.07, 6.45) is -5.00. The van der Waals surface area contributed by atoms with E-state index in [2.05, 4.69) is 4.98 Å². The Morgan fingerprint density at radius 1 is 1.37 bits per heavy atom. The van der Waals surface area contributed by atoms with Gasteiger partial charge < -0.3 is 10.2 Å². The number of fused-ring (bicyclic) bond motifs is 1. The van der Waals surface area contributed by atoms with Gasteiger partial charge in [0.05, 0.1) is 13.0 Å². The van der Waals surface area contributed by atoms with Crippen molar-refractivity contribution >= 4 is 16.8 Å². The van der Waals surface area contributed by atoms with Crippen molar-refractivity contribution < 1.29 is 17.6 Å². The Hall–Kier alpha value is -1.76. The van der Waals surface area contributed by atoms with Gasteiger partial charge in [0.1, 0.15) is 5.52 Å². The molecule has 2 N–H and O–H groups in total. The lowest BCUT2D eigenvalue weighted by atomic mass is 10.3. The molecule has 104 valence electrons. The number of halogens is 3. The highest BCUT2D eigenvalue weighted by atomic mass is 19.4. The molecule has 0 bridgehead atoms. The number of hydrogen-bond donors (Lipinski definition) is 1. The summed E-state index contributed by atoms with van der Waals surface area (Å²) in [6, 6.07) is 5.05. The Kier molecular flexibility index (Phi) is 3.66. The van der Waals surface area contributed by atoms with E-state index in [1.807, 2.05) is 0 Å². The Bertz CT molecular complexity index is 565. The summed E-state index contributed by atoms with van der Waals surface area (Å²) in [5.74, 6) is 0.380. The third-order valence-corrected chi connectivity index (χ3v) is 2.64. The molecule has 4 nitrogen and oxygen atoms in total. The fraction of sp³-hybridized carbons (Fsp3) is 0.417. The predicted octanol–water partition coefficient (Wildman–Crippen LogP) is 2.79. The first-order valence-electron chi connectivity index (χ1n) is 5.74. The average molecular weight is 273 g/mol. The van der Waals surface area contributed by atoms with Crippen LogP contribution in [-0.4, -0.2) is 29.7 Å². The van der Waals surface area contributed by atoms with Crippen molar-refractivity contribution in [3.63, 3.8) is 0 Å². The first kappa shape index (κ1) is 13.7. The molecule has 0 spiro atoms. The number of hydrogen-bond acceptors (Lipinski definition) is 4. The van der Waals surface area contributed by atoms with E-state index in [0.29, 0.717) is 22.7 Å². The van der Waals surface area contributed by atoms with Gasteiger partial charge in [0.2, 0.25) is 5.89 Å². The van der Waals surface area contributed by atoms with Gasteiger partial charge in [0.15, 0.2) is 5.58 Å². The Morgan fingerprint density at radius 2 is 2.11 bits per heavy atom. The summed E-state index contributed by atoms with van der Waals surface area (Å²) in [7, 11) is 1.59. The Labute approximate surface area is 108 Å². The van der Waals surface area contributed by atoms with Crippen molar-refractivity contribution in [2.24, 2.45) is 0 Å². The number of oxazole rings is 1. The summed E-state index contributed by atoms with van der Waals surface area (Å²) in [5, 5.41) is 0. The van der Waals surface area contributed by atoms with Crippen LogP contribution >= 0.6 is 0 Å². The summed E-state index contributed by atoms with van der Waals surface area (Å²) < 4.78 is 41.7. The van der Waals surface area contributed by atoms with Gasteiger partial charge in [-0.25, -0.2) is 4.98 Å². The molecular weight excluding hydrogens is 259 g/mol. The highest BCUT2D eigenvalue weighted by molar-refractivity contribution is 5.76. The van der Waals surface area contributed by atoms with Crippen molar-refractivity contribution in [2.75, 3.05) is 19.3 Å². The number of alkyl halides is 3. The maximum atomic E-state index is 12.1. The zero-order valence-electron chi connectivity index (χ0n) is 10.4. The van der Waals surface area contributed by atoms with Crippen LogP contribution in [0.4, 0.5) is 18.9 Å². The lowest BCUT2D eigenvalue weighted by Crippen LogP contribution is -2.24. The minimum Gasteiger partial charge on any atom is -0.439 e. The maximum absolute atomic E-state index is 12.1. The lowest BCUT2D eigenvalue weighted by Gasteiger charge is -2.15. The number of nitrogen functional groups attached to an aromatic ring is 1. The molecule has 0 fully saturated rings. The number of nitrogens with two attached hydrogens (primary N) is 1. The van der Waals surface area contributed by atoms with Crippen LogP contribution < -0.4 is 5.73 Å². The number of anilines is 1. The van der Waals surface area contributed by atoms with E-state index in [9.17, 15) is 13.2 Å². The topological polar surface area (TPSA) is 55.3 Å². The van der Waals surface area contributed by atoms with E-state index in [0.717, 1.165) is 0 Å². The van der Waals surface area contributed by atoms with E-state index in [-0.39, 0.29) is 13.1 Å².